The highest BCUT2D eigenvalue weighted by Gasteiger charge is 2.12. The fraction of sp³-hybridized carbons (Fsp3) is 0.500. The second-order valence-electron chi connectivity index (χ2n) is 4.56. The first-order valence-corrected chi connectivity index (χ1v) is 8.64. The van der Waals surface area contributed by atoms with Crippen LogP contribution in [0.4, 0.5) is 0 Å². The van der Waals surface area contributed by atoms with Crippen LogP contribution in [0.1, 0.15) is 0 Å². The average molecular weight is 359 g/mol. The zero-order chi connectivity index (χ0) is 13.2. The van der Waals surface area contributed by atoms with Gasteiger partial charge >= 0.3 is 0 Å². The van der Waals surface area contributed by atoms with Crippen LogP contribution in [0.5, 0.6) is 0 Å². The van der Waals surface area contributed by atoms with Gasteiger partial charge in [0.15, 0.2) is 10.4 Å². The summed E-state index contributed by atoms with van der Waals surface area (Å²) < 4.78 is 3.82. The van der Waals surface area contributed by atoms with E-state index in [0.29, 0.717) is 0 Å². The normalized spacial score (nSPS) is 17.1. The number of H-pyrrole nitrogens is 1. The van der Waals surface area contributed by atoms with Crippen LogP contribution >= 0.6 is 39.9 Å². The molecule has 0 aliphatic carbocycles. The summed E-state index contributed by atoms with van der Waals surface area (Å²) in [7, 11) is 0. The van der Waals surface area contributed by atoms with Gasteiger partial charge in [-0.15, -0.1) is 0 Å². The lowest BCUT2D eigenvalue weighted by molar-refractivity contribution is 0.290. The number of hydrogen-bond acceptors (Lipinski definition) is 4. The molecule has 1 aliphatic rings. The SMILES string of the molecule is S=c1[nH]c2cc(Br)cnc2n1CCN1CCSCC1. The molecular formula is C12H15BrN4S2. The molecule has 0 atom stereocenters. The second-order valence-corrected chi connectivity index (χ2v) is 7.09. The Morgan fingerprint density at radius 2 is 2.16 bits per heavy atom. The van der Waals surface area contributed by atoms with E-state index in [-0.39, 0.29) is 0 Å². The van der Waals surface area contributed by atoms with E-state index >= 15 is 0 Å². The Morgan fingerprint density at radius 3 is 2.95 bits per heavy atom. The Morgan fingerprint density at radius 1 is 1.37 bits per heavy atom. The van der Waals surface area contributed by atoms with Gasteiger partial charge in [0.1, 0.15) is 0 Å². The van der Waals surface area contributed by atoms with Gasteiger partial charge in [-0.05, 0) is 34.2 Å². The molecule has 1 N–H and O–H groups in total. The van der Waals surface area contributed by atoms with Gasteiger partial charge in [0.25, 0.3) is 0 Å². The summed E-state index contributed by atoms with van der Waals surface area (Å²) in [5.74, 6) is 2.48. The Kier molecular flexibility index (Phi) is 4.26. The van der Waals surface area contributed by atoms with Crippen LogP contribution in [0.2, 0.25) is 0 Å². The molecule has 0 aromatic carbocycles. The quantitative estimate of drug-likeness (QED) is 0.855. The number of aromatic amines is 1. The van der Waals surface area contributed by atoms with E-state index in [1.165, 1.54) is 24.6 Å². The Labute approximate surface area is 129 Å². The van der Waals surface area contributed by atoms with Gasteiger partial charge in [-0.1, -0.05) is 0 Å². The molecule has 7 heteroatoms. The maximum Gasteiger partial charge on any atom is 0.179 e. The van der Waals surface area contributed by atoms with Gasteiger partial charge in [0.2, 0.25) is 0 Å². The van der Waals surface area contributed by atoms with Crippen LogP contribution < -0.4 is 0 Å². The minimum Gasteiger partial charge on any atom is -0.329 e. The van der Waals surface area contributed by atoms with Crippen molar-refractivity contribution in [1.82, 2.24) is 19.4 Å². The molecule has 3 rings (SSSR count). The van der Waals surface area contributed by atoms with Crippen molar-refractivity contribution < 1.29 is 0 Å². The molecule has 1 fully saturated rings. The Hall–Kier alpha value is -0.370. The number of thioether (sulfide) groups is 1. The van der Waals surface area contributed by atoms with Crippen LogP contribution in [-0.2, 0) is 6.54 Å². The van der Waals surface area contributed by atoms with Crippen molar-refractivity contribution in [2.75, 3.05) is 31.1 Å². The molecule has 19 heavy (non-hydrogen) atoms. The van der Waals surface area contributed by atoms with Crippen LogP contribution in [0, 0.1) is 4.77 Å². The molecule has 3 heterocycles. The van der Waals surface area contributed by atoms with Crippen molar-refractivity contribution in [2.24, 2.45) is 0 Å². The predicted octanol–water partition coefficient (Wildman–Crippen LogP) is 2.91. The van der Waals surface area contributed by atoms with Crippen molar-refractivity contribution in [3.05, 3.63) is 21.5 Å². The van der Waals surface area contributed by atoms with Crippen molar-refractivity contribution in [3.8, 4) is 0 Å². The largest absolute Gasteiger partial charge is 0.329 e. The number of fused-ring (bicyclic) bond motifs is 1. The summed E-state index contributed by atoms with van der Waals surface area (Å²) in [5, 5.41) is 0. The molecule has 4 nitrogen and oxygen atoms in total. The Bertz CT molecular complexity index is 630. The third-order valence-corrected chi connectivity index (χ3v) is 5.02. The summed E-state index contributed by atoms with van der Waals surface area (Å²) in [6.07, 6.45) is 1.82. The van der Waals surface area contributed by atoms with Gasteiger partial charge in [0, 0.05) is 48.4 Å². The first kappa shape index (κ1) is 13.6. The van der Waals surface area contributed by atoms with Crippen LogP contribution in [0.25, 0.3) is 11.2 Å². The molecule has 0 radical (unpaired) electrons. The highest BCUT2D eigenvalue weighted by atomic mass is 79.9. The lowest BCUT2D eigenvalue weighted by Crippen LogP contribution is -2.35. The molecule has 1 saturated heterocycles. The maximum atomic E-state index is 5.39. The van der Waals surface area contributed by atoms with E-state index in [1.54, 1.807) is 0 Å². The molecule has 0 amide bonds. The predicted molar refractivity (Wildman–Crippen MR) is 86.4 cm³/mol. The molecule has 2 aromatic heterocycles. The lowest BCUT2D eigenvalue weighted by Gasteiger charge is -2.26. The topological polar surface area (TPSA) is 36.9 Å². The average Bonchev–Trinajstić information content (AvgIpc) is 2.72. The highest BCUT2D eigenvalue weighted by Crippen LogP contribution is 2.17. The molecule has 2 aromatic rings. The number of pyridine rings is 1. The number of rotatable bonds is 3. The van der Waals surface area contributed by atoms with Gasteiger partial charge in [-0.25, -0.2) is 4.98 Å². The van der Waals surface area contributed by atoms with Crippen LogP contribution in [-0.4, -0.2) is 50.6 Å². The van der Waals surface area contributed by atoms with Gasteiger partial charge in [0.05, 0.1) is 5.52 Å². The van der Waals surface area contributed by atoms with E-state index in [0.717, 1.165) is 33.5 Å². The molecule has 0 unspecified atom stereocenters. The summed E-state index contributed by atoms with van der Waals surface area (Å²) in [6.45, 7) is 4.30. The number of hydrogen-bond donors (Lipinski definition) is 1. The van der Waals surface area contributed by atoms with Gasteiger partial charge in [-0.3, -0.25) is 4.90 Å². The smallest absolute Gasteiger partial charge is 0.179 e. The summed E-state index contributed by atoms with van der Waals surface area (Å²) in [5.41, 5.74) is 1.94. The van der Waals surface area contributed by atoms with E-state index in [2.05, 4.69) is 35.4 Å². The summed E-state index contributed by atoms with van der Waals surface area (Å²) >= 11 is 10.9. The molecule has 0 saturated carbocycles. The molecular weight excluding hydrogens is 344 g/mol. The monoisotopic (exact) mass is 358 g/mol. The fourth-order valence-corrected chi connectivity index (χ4v) is 3.89. The van der Waals surface area contributed by atoms with E-state index in [9.17, 15) is 0 Å². The zero-order valence-electron chi connectivity index (χ0n) is 10.4. The summed E-state index contributed by atoms with van der Waals surface area (Å²) in [4.78, 5) is 10.2. The molecule has 0 bridgehead atoms. The fourth-order valence-electron chi connectivity index (χ4n) is 2.29. The summed E-state index contributed by atoms with van der Waals surface area (Å²) in [6, 6.07) is 2.02. The van der Waals surface area contributed by atoms with Crippen LogP contribution in [0.3, 0.4) is 0 Å². The zero-order valence-corrected chi connectivity index (χ0v) is 13.7. The number of imidazole rings is 1. The molecule has 102 valence electrons. The van der Waals surface area contributed by atoms with E-state index in [1.807, 2.05) is 24.0 Å². The van der Waals surface area contributed by atoms with E-state index < -0.39 is 0 Å². The maximum absolute atomic E-state index is 5.39. The first-order valence-electron chi connectivity index (χ1n) is 6.28. The third-order valence-electron chi connectivity index (χ3n) is 3.32. The Balaban J connectivity index is 1.80. The van der Waals surface area contributed by atoms with Crippen molar-refractivity contribution in [2.45, 2.75) is 6.54 Å². The lowest BCUT2D eigenvalue weighted by atomic mass is 10.4. The minimum absolute atomic E-state index is 0.756. The minimum atomic E-state index is 0.756. The molecule has 1 aliphatic heterocycles. The van der Waals surface area contributed by atoms with Gasteiger partial charge in [-0.2, -0.15) is 11.8 Å². The van der Waals surface area contributed by atoms with Crippen molar-refractivity contribution in [1.29, 1.82) is 0 Å². The first-order chi connectivity index (χ1) is 9.24. The van der Waals surface area contributed by atoms with Crippen molar-refractivity contribution >= 4 is 51.1 Å². The second kappa shape index (κ2) is 5.95. The third kappa shape index (κ3) is 3.04. The number of aromatic nitrogens is 3. The number of halogens is 1. The van der Waals surface area contributed by atoms with Crippen molar-refractivity contribution in [3.63, 3.8) is 0 Å². The number of nitrogens with zero attached hydrogens (tertiary/aromatic N) is 3. The molecule has 0 spiro atoms. The van der Waals surface area contributed by atoms with Gasteiger partial charge < -0.3 is 9.55 Å². The standard InChI is InChI=1S/C12H15BrN4S2/c13-9-7-10-11(14-8-9)17(12(18)15-10)2-1-16-3-5-19-6-4-16/h7-8H,1-6H2,(H,15,18). The highest BCUT2D eigenvalue weighted by molar-refractivity contribution is 9.10. The van der Waals surface area contributed by atoms with Crippen LogP contribution in [0.15, 0.2) is 16.7 Å². The number of nitrogens with one attached hydrogen (secondary N) is 1. The van der Waals surface area contributed by atoms with E-state index in [4.69, 9.17) is 12.2 Å².